The van der Waals surface area contributed by atoms with Gasteiger partial charge in [-0.05, 0) is 30.4 Å². The first-order valence-corrected chi connectivity index (χ1v) is 14.5. The van der Waals surface area contributed by atoms with Gasteiger partial charge in [-0.15, -0.1) is 12.0 Å². The van der Waals surface area contributed by atoms with Gasteiger partial charge in [0.15, 0.2) is 0 Å². The van der Waals surface area contributed by atoms with Gasteiger partial charge in [0, 0.05) is 0 Å². The molecule has 180 valence electrons. The maximum absolute atomic E-state index is 3.55. The molecule has 37 heavy (non-hydrogen) atoms. The van der Waals surface area contributed by atoms with Crippen molar-refractivity contribution in [2.24, 2.45) is 0 Å². The Hall–Kier alpha value is -2.89. The van der Waals surface area contributed by atoms with E-state index in [1.165, 1.54) is 63.8 Å². The van der Waals surface area contributed by atoms with Crippen LogP contribution in [0.2, 0.25) is 0 Å². The summed E-state index contributed by atoms with van der Waals surface area (Å²) < 4.78 is 1.78. The van der Waals surface area contributed by atoms with Crippen molar-refractivity contribution >= 4 is 3.21 Å². The maximum Gasteiger partial charge on any atom is -0.00259 e. The number of hydrogen-bond donors (Lipinski definition) is 0. The summed E-state index contributed by atoms with van der Waals surface area (Å²) in [5, 5.41) is 0. The van der Waals surface area contributed by atoms with Gasteiger partial charge < -0.3 is 0 Å². The smallest absolute Gasteiger partial charge is 0.00259 e. The molecule has 0 radical (unpaired) electrons. The van der Waals surface area contributed by atoms with E-state index in [-0.39, 0.29) is 0 Å². The van der Waals surface area contributed by atoms with Crippen LogP contribution in [0.25, 0.3) is 11.1 Å². The average molecular weight is 556 g/mol. The second kappa shape index (κ2) is 13.1. The van der Waals surface area contributed by atoms with E-state index in [1.807, 2.05) is 12.2 Å². The third-order valence-corrected chi connectivity index (χ3v) is 8.19. The molecule has 0 heterocycles. The van der Waals surface area contributed by atoms with Crippen LogP contribution in [0.3, 0.4) is 0 Å². The zero-order chi connectivity index (χ0) is 25.3. The normalized spacial score (nSPS) is 14.1. The fourth-order valence-electron chi connectivity index (χ4n) is 4.75. The molecule has 0 aromatic heterocycles. The first-order chi connectivity index (χ1) is 18.2. The second-order valence-corrected chi connectivity index (χ2v) is 11.6. The predicted molar refractivity (Wildman–Crippen MR) is 152 cm³/mol. The summed E-state index contributed by atoms with van der Waals surface area (Å²) in [5.74, 6) is 0. The molecular weight excluding hydrogens is 524 g/mol. The Balaban J connectivity index is 0.000000233. The molecule has 0 N–H and O–H groups in total. The van der Waals surface area contributed by atoms with E-state index in [0.29, 0.717) is 0 Å². The molecule has 0 bridgehead atoms. The summed E-state index contributed by atoms with van der Waals surface area (Å²) in [6.07, 6.45) is 17.3. The van der Waals surface area contributed by atoms with Gasteiger partial charge in [0.1, 0.15) is 0 Å². The van der Waals surface area contributed by atoms with Gasteiger partial charge in [-0.1, -0.05) is 95.6 Å². The van der Waals surface area contributed by atoms with Gasteiger partial charge >= 0.3 is 46.7 Å². The van der Waals surface area contributed by atoms with Crippen LogP contribution in [-0.4, -0.2) is 3.21 Å². The predicted octanol–water partition coefficient (Wildman–Crippen LogP) is 8.43. The Morgan fingerprint density at radius 3 is 1.89 bits per heavy atom. The van der Waals surface area contributed by atoms with E-state index in [4.69, 9.17) is 0 Å². The minimum atomic E-state index is 0.962. The van der Waals surface area contributed by atoms with E-state index in [0.717, 1.165) is 25.7 Å². The maximum atomic E-state index is 3.55. The molecule has 7 rings (SSSR count). The van der Waals surface area contributed by atoms with E-state index < -0.39 is 0 Å². The van der Waals surface area contributed by atoms with Crippen molar-refractivity contribution in [2.75, 3.05) is 0 Å². The number of fused-ring (bicyclic) bond motifs is 3. The van der Waals surface area contributed by atoms with Gasteiger partial charge in [0.2, 0.25) is 0 Å². The molecule has 0 unspecified atom stereocenters. The van der Waals surface area contributed by atoms with Gasteiger partial charge in [-0.2, -0.15) is 35.4 Å². The van der Waals surface area contributed by atoms with Crippen LogP contribution in [0.15, 0.2) is 109 Å². The summed E-state index contributed by atoms with van der Waals surface area (Å²) in [6, 6.07) is 36.4. The Bertz CT molecular complexity index is 1290. The van der Waals surface area contributed by atoms with Crippen molar-refractivity contribution in [1.29, 1.82) is 0 Å². The van der Waals surface area contributed by atoms with Crippen LogP contribution in [-0.2, 0) is 43.5 Å². The molecule has 3 aliphatic carbocycles. The standard InChI is InChI=1S/C27H21.C5H5.C4H6.Zr/c1-3-7-20(8-4-1)15-22-11-13-24-19-25-14-12-23(18-27(25)26(24)17-22)16-21-9-5-2-6-10-21;1-2-4-5-3-1;1-2-4-3-1;/h1-13,17-18H,15-16,19H2;1-3H,4H2;1-3H2;/q2*-1;;+2. The number of allylic oxidation sites excluding steroid dienone is 4. The van der Waals surface area contributed by atoms with E-state index >= 15 is 0 Å². The van der Waals surface area contributed by atoms with Crippen LogP contribution in [0, 0.1) is 12.1 Å². The molecule has 4 aromatic carbocycles. The van der Waals surface area contributed by atoms with Crippen LogP contribution >= 0.6 is 0 Å². The molecule has 0 amide bonds. The number of benzene rings is 4. The van der Waals surface area contributed by atoms with Gasteiger partial charge in [0.25, 0.3) is 0 Å². The van der Waals surface area contributed by atoms with E-state index in [9.17, 15) is 0 Å². The monoisotopic (exact) mass is 554 g/mol. The molecule has 0 nitrogen and oxygen atoms in total. The molecule has 0 aliphatic heterocycles. The van der Waals surface area contributed by atoms with Crippen molar-refractivity contribution in [3.63, 3.8) is 0 Å². The molecule has 1 saturated carbocycles. The first kappa shape index (κ1) is 25.7. The number of hydrogen-bond acceptors (Lipinski definition) is 0. The average Bonchev–Trinajstić information content (AvgIpc) is 3.61. The topological polar surface area (TPSA) is 0 Å². The molecule has 1 fully saturated rings. The Morgan fingerprint density at radius 2 is 1.35 bits per heavy atom. The molecule has 1 heteroatoms. The molecule has 4 aromatic rings. The summed E-state index contributed by atoms with van der Waals surface area (Å²) in [5.41, 5.74) is 10.9. The zero-order valence-electron chi connectivity index (χ0n) is 21.3. The molecule has 0 atom stereocenters. The van der Waals surface area contributed by atoms with Gasteiger partial charge in [-0.25, -0.2) is 12.2 Å². The van der Waals surface area contributed by atoms with Crippen molar-refractivity contribution < 1.29 is 24.2 Å². The van der Waals surface area contributed by atoms with Crippen molar-refractivity contribution in [1.82, 2.24) is 0 Å². The third kappa shape index (κ3) is 7.33. The summed E-state index contributed by atoms with van der Waals surface area (Å²) >= 11 is 1.67. The Kier molecular flexibility index (Phi) is 9.10. The Labute approximate surface area is 237 Å². The van der Waals surface area contributed by atoms with Crippen LogP contribution in [0.5, 0.6) is 0 Å². The quantitative estimate of drug-likeness (QED) is 0.195. The van der Waals surface area contributed by atoms with Gasteiger partial charge in [-0.3, -0.25) is 6.08 Å². The summed E-state index contributed by atoms with van der Waals surface area (Å²) in [4.78, 5) is 0. The van der Waals surface area contributed by atoms with E-state index in [1.54, 1.807) is 27.4 Å². The minimum Gasteiger partial charge on any atom is -0.179 e. The van der Waals surface area contributed by atoms with Crippen LogP contribution < -0.4 is 0 Å². The van der Waals surface area contributed by atoms with Crippen molar-refractivity contribution in [3.05, 3.63) is 155 Å². The van der Waals surface area contributed by atoms with Crippen LogP contribution in [0.4, 0.5) is 0 Å². The fraction of sp³-hybridized carbons (Fsp3) is 0.194. The van der Waals surface area contributed by atoms with Crippen molar-refractivity contribution in [3.8, 4) is 11.1 Å². The zero-order valence-corrected chi connectivity index (χ0v) is 23.8. The fourth-order valence-corrected chi connectivity index (χ4v) is 5.62. The third-order valence-electron chi connectivity index (χ3n) is 6.96. The minimum absolute atomic E-state index is 0.962. The number of rotatable bonds is 4. The second-order valence-electron chi connectivity index (χ2n) is 9.85. The SMILES string of the molecule is [C-]1=CC=CC1.[Zr+2]=[C]1CCC1.[c-]1cc(Cc2ccccc2)cc2c1Cc1ccc(Cc3ccccc3)cc1-2. The Morgan fingerprint density at radius 1 is 0.703 bits per heavy atom. The molecule has 0 saturated heterocycles. The first-order valence-electron chi connectivity index (χ1n) is 13.3. The molecular formula is C36H32Zr. The van der Waals surface area contributed by atoms with E-state index in [2.05, 4.69) is 109 Å². The molecule has 0 spiro atoms. The van der Waals surface area contributed by atoms with Crippen molar-refractivity contribution in [2.45, 2.75) is 44.9 Å². The van der Waals surface area contributed by atoms with Crippen LogP contribution in [0.1, 0.15) is 59.1 Å². The summed E-state index contributed by atoms with van der Waals surface area (Å²) in [7, 11) is 0. The summed E-state index contributed by atoms with van der Waals surface area (Å²) in [6.45, 7) is 0. The largest absolute Gasteiger partial charge is 0.179 e. The molecule has 3 aliphatic rings. The van der Waals surface area contributed by atoms with Gasteiger partial charge in [0.05, 0.1) is 0 Å².